The van der Waals surface area contributed by atoms with Gasteiger partial charge in [0.2, 0.25) is 10.0 Å². The first-order chi connectivity index (χ1) is 9.41. The third-order valence-electron chi connectivity index (χ3n) is 3.79. The molecule has 1 saturated heterocycles. The van der Waals surface area contributed by atoms with Gasteiger partial charge in [-0.2, -0.15) is 0 Å². The number of nitrogens with zero attached hydrogens (tertiary/aromatic N) is 2. The number of piperidine rings is 1. The van der Waals surface area contributed by atoms with Gasteiger partial charge < -0.3 is 4.52 Å². The van der Waals surface area contributed by atoms with E-state index < -0.39 is 10.0 Å². The highest BCUT2D eigenvalue weighted by Gasteiger charge is 2.24. The largest absolute Gasteiger partial charge is 0.361 e. The zero-order valence-electron chi connectivity index (χ0n) is 12.3. The van der Waals surface area contributed by atoms with Gasteiger partial charge in [-0.15, -0.1) is 0 Å². The number of aryl methyl sites for hydroxylation is 2. The maximum Gasteiger partial charge on any atom is 0.211 e. The molecule has 1 unspecified atom stereocenters. The van der Waals surface area contributed by atoms with Crippen LogP contribution in [0.25, 0.3) is 0 Å². The van der Waals surface area contributed by atoms with Crippen LogP contribution < -0.4 is 4.72 Å². The molecule has 1 N–H and O–H groups in total. The van der Waals surface area contributed by atoms with Crippen LogP contribution in [0, 0.1) is 13.8 Å². The number of aromatic nitrogens is 1. The van der Waals surface area contributed by atoms with Gasteiger partial charge in [0, 0.05) is 24.7 Å². The zero-order chi connectivity index (χ0) is 14.8. The summed E-state index contributed by atoms with van der Waals surface area (Å²) in [6.07, 6.45) is 1.90. The summed E-state index contributed by atoms with van der Waals surface area (Å²) in [6.45, 7) is 8.00. The second-order valence-corrected chi connectivity index (χ2v) is 7.44. The first kappa shape index (κ1) is 15.5. The van der Waals surface area contributed by atoms with Crippen molar-refractivity contribution in [2.45, 2.75) is 46.2 Å². The highest BCUT2D eigenvalue weighted by Crippen LogP contribution is 2.18. The van der Waals surface area contributed by atoms with Gasteiger partial charge >= 0.3 is 0 Å². The molecule has 2 rings (SSSR count). The number of hydrogen-bond donors (Lipinski definition) is 1. The number of nitrogens with one attached hydrogen (secondary N) is 1. The fraction of sp³-hybridized carbons (Fsp3) is 0.769. The second kappa shape index (κ2) is 6.24. The Morgan fingerprint density at radius 3 is 2.80 bits per heavy atom. The normalized spacial score (nSPS) is 21.2. The van der Waals surface area contributed by atoms with E-state index in [0.29, 0.717) is 0 Å². The van der Waals surface area contributed by atoms with E-state index in [2.05, 4.69) is 14.8 Å². The van der Waals surface area contributed by atoms with E-state index in [-0.39, 0.29) is 11.8 Å². The number of hydrogen-bond acceptors (Lipinski definition) is 5. The second-order valence-electron chi connectivity index (χ2n) is 5.40. The summed E-state index contributed by atoms with van der Waals surface area (Å²) < 4.78 is 31.2. The Kier molecular flexibility index (Phi) is 4.82. The average molecular weight is 301 g/mol. The molecule has 1 atom stereocenters. The Hall–Kier alpha value is -0.920. The molecule has 6 nitrogen and oxygen atoms in total. The van der Waals surface area contributed by atoms with Gasteiger partial charge in [-0.05, 0) is 40.2 Å². The lowest BCUT2D eigenvalue weighted by molar-refractivity contribution is 0.193. The molecule has 0 radical (unpaired) electrons. The monoisotopic (exact) mass is 301 g/mol. The molecule has 114 valence electrons. The molecule has 20 heavy (non-hydrogen) atoms. The van der Waals surface area contributed by atoms with E-state index in [1.807, 2.05) is 13.8 Å². The van der Waals surface area contributed by atoms with Crippen LogP contribution in [-0.4, -0.2) is 43.4 Å². The van der Waals surface area contributed by atoms with Crippen LogP contribution in [0.1, 0.15) is 36.8 Å². The van der Waals surface area contributed by atoms with Crippen LogP contribution in [0.5, 0.6) is 0 Å². The molecule has 2 heterocycles. The summed E-state index contributed by atoms with van der Waals surface area (Å²) in [5.74, 6) is 0.978. The Morgan fingerprint density at radius 1 is 1.45 bits per heavy atom. The fourth-order valence-electron chi connectivity index (χ4n) is 2.58. The predicted octanol–water partition coefficient (Wildman–Crippen LogP) is 1.20. The number of sulfonamides is 1. The highest BCUT2D eigenvalue weighted by atomic mass is 32.2. The van der Waals surface area contributed by atoms with E-state index in [9.17, 15) is 8.42 Å². The van der Waals surface area contributed by atoms with Crippen molar-refractivity contribution in [3.63, 3.8) is 0 Å². The Labute approximate surface area is 120 Å². The van der Waals surface area contributed by atoms with Crippen LogP contribution in [0.3, 0.4) is 0 Å². The Morgan fingerprint density at radius 2 is 2.20 bits per heavy atom. The van der Waals surface area contributed by atoms with Crippen molar-refractivity contribution in [2.24, 2.45) is 0 Å². The van der Waals surface area contributed by atoms with Crippen LogP contribution >= 0.6 is 0 Å². The third kappa shape index (κ3) is 3.80. The van der Waals surface area contributed by atoms with E-state index >= 15 is 0 Å². The van der Waals surface area contributed by atoms with Crippen molar-refractivity contribution in [3.05, 3.63) is 17.0 Å². The predicted molar refractivity (Wildman–Crippen MR) is 76.9 cm³/mol. The minimum Gasteiger partial charge on any atom is -0.361 e. The molecule has 0 spiro atoms. The zero-order valence-corrected chi connectivity index (χ0v) is 13.2. The molecular formula is C13H23N3O3S. The maximum atomic E-state index is 11.6. The summed E-state index contributed by atoms with van der Waals surface area (Å²) >= 11 is 0. The van der Waals surface area contributed by atoms with E-state index in [4.69, 9.17) is 4.52 Å². The summed E-state index contributed by atoms with van der Waals surface area (Å²) in [7, 11) is -3.13. The first-order valence-corrected chi connectivity index (χ1v) is 8.70. The van der Waals surface area contributed by atoms with Gasteiger partial charge in [0.15, 0.2) is 0 Å². The van der Waals surface area contributed by atoms with Gasteiger partial charge in [-0.1, -0.05) is 5.16 Å². The summed E-state index contributed by atoms with van der Waals surface area (Å²) in [4.78, 5) is 2.26. The Balaban J connectivity index is 1.97. The van der Waals surface area contributed by atoms with Crippen LogP contribution in [0.2, 0.25) is 0 Å². The highest BCUT2D eigenvalue weighted by molar-refractivity contribution is 7.89. The number of rotatable bonds is 5. The lowest BCUT2D eigenvalue weighted by Gasteiger charge is -2.32. The topological polar surface area (TPSA) is 75.4 Å². The molecule has 0 saturated carbocycles. The first-order valence-electron chi connectivity index (χ1n) is 7.05. The van der Waals surface area contributed by atoms with Gasteiger partial charge in [-0.25, -0.2) is 13.1 Å². The molecule has 7 heteroatoms. The molecule has 0 bridgehead atoms. The lowest BCUT2D eigenvalue weighted by Crippen LogP contribution is -2.47. The van der Waals surface area contributed by atoms with E-state index in [0.717, 1.165) is 49.5 Å². The van der Waals surface area contributed by atoms with Crippen molar-refractivity contribution >= 4 is 10.0 Å². The molecule has 0 aromatic carbocycles. The summed E-state index contributed by atoms with van der Waals surface area (Å²) in [5.41, 5.74) is 2.03. The van der Waals surface area contributed by atoms with E-state index in [1.165, 1.54) is 0 Å². The van der Waals surface area contributed by atoms with Crippen LogP contribution in [0.15, 0.2) is 4.52 Å². The van der Waals surface area contributed by atoms with Gasteiger partial charge in [-0.3, -0.25) is 4.90 Å². The standard InChI is InChI=1S/C13H23N3O3S/c1-4-20(17,18)15-12-6-5-7-16(8-12)9-13-10(2)14-19-11(13)3/h12,15H,4-9H2,1-3H3. The SMILES string of the molecule is CCS(=O)(=O)NC1CCCN(Cc2c(C)noc2C)C1. The molecular weight excluding hydrogens is 278 g/mol. The van der Waals surface area contributed by atoms with Crippen molar-refractivity contribution in [2.75, 3.05) is 18.8 Å². The average Bonchev–Trinajstić information content (AvgIpc) is 2.71. The van der Waals surface area contributed by atoms with Crippen LogP contribution in [0.4, 0.5) is 0 Å². The molecule has 1 aliphatic rings. The summed E-state index contributed by atoms with van der Waals surface area (Å²) in [5, 5.41) is 3.96. The Bertz CT molecular complexity index is 534. The van der Waals surface area contributed by atoms with Crippen molar-refractivity contribution in [3.8, 4) is 0 Å². The molecule has 1 fully saturated rings. The molecule has 1 aromatic heterocycles. The molecule has 1 aromatic rings. The molecule has 1 aliphatic heterocycles. The van der Waals surface area contributed by atoms with Crippen molar-refractivity contribution < 1.29 is 12.9 Å². The van der Waals surface area contributed by atoms with Crippen molar-refractivity contribution in [1.82, 2.24) is 14.8 Å². The maximum absolute atomic E-state index is 11.6. The minimum absolute atomic E-state index is 0.00849. The minimum atomic E-state index is -3.13. The van der Waals surface area contributed by atoms with E-state index in [1.54, 1.807) is 6.92 Å². The van der Waals surface area contributed by atoms with Crippen molar-refractivity contribution in [1.29, 1.82) is 0 Å². The smallest absolute Gasteiger partial charge is 0.211 e. The fourth-order valence-corrected chi connectivity index (χ4v) is 3.45. The number of likely N-dealkylation sites (tertiary alicyclic amines) is 1. The van der Waals surface area contributed by atoms with Gasteiger partial charge in [0.05, 0.1) is 11.4 Å². The molecule has 0 aliphatic carbocycles. The quantitative estimate of drug-likeness (QED) is 0.884. The third-order valence-corrected chi connectivity index (χ3v) is 5.25. The van der Waals surface area contributed by atoms with Gasteiger partial charge in [0.25, 0.3) is 0 Å². The summed E-state index contributed by atoms with van der Waals surface area (Å²) in [6, 6.07) is 0.00849. The van der Waals surface area contributed by atoms with Crippen LogP contribution in [-0.2, 0) is 16.6 Å². The van der Waals surface area contributed by atoms with Gasteiger partial charge in [0.1, 0.15) is 5.76 Å². The lowest BCUT2D eigenvalue weighted by atomic mass is 10.1. The molecule has 0 amide bonds.